The molecule has 1 unspecified atom stereocenters. The van der Waals surface area contributed by atoms with E-state index in [0.717, 1.165) is 0 Å². The van der Waals surface area contributed by atoms with Gasteiger partial charge in [0.15, 0.2) is 0 Å². The van der Waals surface area contributed by atoms with E-state index in [4.69, 9.17) is 10.2 Å². The summed E-state index contributed by atoms with van der Waals surface area (Å²) in [5, 5.41) is 20.0. The van der Waals surface area contributed by atoms with Crippen LogP contribution in [-0.4, -0.2) is 34.2 Å². The molecule has 0 aromatic carbocycles. The molecule has 13 heavy (non-hydrogen) atoms. The summed E-state index contributed by atoms with van der Waals surface area (Å²) < 4.78 is 0. The number of carboxylic acid groups (broad SMARTS) is 1. The van der Waals surface area contributed by atoms with E-state index in [-0.39, 0.29) is 12.1 Å². The van der Waals surface area contributed by atoms with Crippen LogP contribution in [0.25, 0.3) is 0 Å². The van der Waals surface area contributed by atoms with Crippen LogP contribution < -0.4 is 5.32 Å². The smallest absolute Gasteiger partial charge is 0.315 e. The van der Waals surface area contributed by atoms with E-state index in [9.17, 15) is 9.59 Å². The standard InChI is InChI=1S/C8H13NO4/c1-4(8(12)13)7(11)9-5-2-6(10)3-5/h4-6,10H,2-3H2,1H3,(H,9,11)(H,12,13). The molecule has 0 aromatic heterocycles. The van der Waals surface area contributed by atoms with Crippen LogP contribution in [0.2, 0.25) is 0 Å². The van der Waals surface area contributed by atoms with Gasteiger partial charge in [-0.05, 0) is 19.8 Å². The first kappa shape index (κ1) is 9.98. The van der Waals surface area contributed by atoms with Gasteiger partial charge in [-0.15, -0.1) is 0 Å². The Balaban J connectivity index is 2.29. The summed E-state index contributed by atoms with van der Waals surface area (Å²) in [7, 11) is 0. The van der Waals surface area contributed by atoms with Gasteiger partial charge in [-0.2, -0.15) is 0 Å². The van der Waals surface area contributed by atoms with Crippen LogP contribution in [0.1, 0.15) is 19.8 Å². The summed E-state index contributed by atoms with van der Waals surface area (Å²) in [6.45, 7) is 1.34. The number of nitrogens with one attached hydrogen (secondary N) is 1. The summed E-state index contributed by atoms with van der Waals surface area (Å²) >= 11 is 0. The third kappa shape index (κ3) is 2.42. The van der Waals surface area contributed by atoms with Gasteiger partial charge in [0.1, 0.15) is 5.92 Å². The molecule has 1 atom stereocenters. The highest BCUT2D eigenvalue weighted by Crippen LogP contribution is 2.19. The molecule has 0 radical (unpaired) electrons. The lowest BCUT2D eigenvalue weighted by Crippen LogP contribution is -2.49. The fourth-order valence-electron chi connectivity index (χ4n) is 1.14. The highest BCUT2D eigenvalue weighted by molar-refractivity contribution is 5.96. The monoisotopic (exact) mass is 187 g/mol. The van der Waals surface area contributed by atoms with Crippen molar-refractivity contribution in [1.82, 2.24) is 5.32 Å². The molecule has 1 saturated carbocycles. The van der Waals surface area contributed by atoms with Crippen LogP contribution in [0.15, 0.2) is 0 Å². The second kappa shape index (κ2) is 3.74. The first-order valence-electron chi connectivity index (χ1n) is 4.22. The first-order chi connectivity index (χ1) is 6.00. The minimum Gasteiger partial charge on any atom is -0.481 e. The molecule has 0 heterocycles. The molecule has 1 amide bonds. The quantitative estimate of drug-likeness (QED) is 0.512. The third-order valence-corrected chi connectivity index (χ3v) is 2.22. The molecule has 1 aliphatic rings. The normalized spacial score (nSPS) is 28.8. The van der Waals surface area contributed by atoms with Gasteiger partial charge in [0, 0.05) is 6.04 Å². The Morgan fingerprint density at radius 3 is 2.38 bits per heavy atom. The predicted molar refractivity (Wildman–Crippen MR) is 44.0 cm³/mol. The van der Waals surface area contributed by atoms with Gasteiger partial charge in [0.2, 0.25) is 5.91 Å². The number of amides is 1. The Hall–Kier alpha value is -1.10. The number of hydrogen-bond donors (Lipinski definition) is 3. The van der Waals surface area contributed by atoms with Gasteiger partial charge >= 0.3 is 5.97 Å². The lowest BCUT2D eigenvalue weighted by Gasteiger charge is -2.32. The molecule has 3 N–H and O–H groups in total. The van der Waals surface area contributed by atoms with Crippen molar-refractivity contribution in [2.45, 2.75) is 31.9 Å². The van der Waals surface area contributed by atoms with Gasteiger partial charge in [-0.3, -0.25) is 9.59 Å². The average Bonchev–Trinajstić information content (AvgIpc) is 2.00. The number of carbonyl (C=O) groups excluding carboxylic acids is 1. The Morgan fingerprint density at radius 1 is 1.46 bits per heavy atom. The van der Waals surface area contributed by atoms with Crippen molar-refractivity contribution >= 4 is 11.9 Å². The fourth-order valence-corrected chi connectivity index (χ4v) is 1.14. The summed E-state index contributed by atoms with van der Waals surface area (Å²) in [6, 6.07) is -0.0516. The maximum atomic E-state index is 11.1. The zero-order valence-electron chi connectivity index (χ0n) is 7.36. The van der Waals surface area contributed by atoms with Gasteiger partial charge < -0.3 is 15.5 Å². The summed E-state index contributed by atoms with van der Waals surface area (Å²) in [6.07, 6.45) is 0.710. The minimum absolute atomic E-state index is 0.0516. The zero-order valence-corrected chi connectivity index (χ0v) is 7.36. The topological polar surface area (TPSA) is 86.6 Å². The van der Waals surface area contributed by atoms with Crippen molar-refractivity contribution in [3.8, 4) is 0 Å². The summed E-state index contributed by atoms with van der Waals surface area (Å²) in [4.78, 5) is 21.5. The SMILES string of the molecule is CC(C(=O)O)C(=O)NC1CC(O)C1. The number of aliphatic carboxylic acids is 1. The van der Waals surface area contributed by atoms with Gasteiger partial charge in [0.05, 0.1) is 6.10 Å². The van der Waals surface area contributed by atoms with Crippen LogP contribution in [0.5, 0.6) is 0 Å². The average molecular weight is 187 g/mol. The van der Waals surface area contributed by atoms with Crippen molar-refractivity contribution in [1.29, 1.82) is 0 Å². The molecule has 1 rings (SSSR count). The van der Waals surface area contributed by atoms with E-state index in [1.165, 1.54) is 6.92 Å². The van der Waals surface area contributed by atoms with Crippen molar-refractivity contribution in [2.24, 2.45) is 5.92 Å². The molecule has 0 aromatic rings. The number of rotatable bonds is 3. The molecule has 0 bridgehead atoms. The zero-order chi connectivity index (χ0) is 10.0. The van der Waals surface area contributed by atoms with Crippen molar-refractivity contribution in [3.63, 3.8) is 0 Å². The maximum absolute atomic E-state index is 11.1. The minimum atomic E-state index is -1.13. The number of aliphatic hydroxyl groups excluding tert-OH is 1. The maximum Gasteiger partial charge on any atom is 0.315 e. The van der Waals surface area contributed by atoms with Crippen molar-refractivity contribution in [2.75, 3.05) is 0 Å². The van der Waals surface area contributed by atoms with E-state index >= 15 is 0 Å². The Labute approximate surface area is 75.7 Å². The van der Waals surface area contributed by atoms with E-state index in [1.54, 1.807) is 0 Å². The molecule has 74 valence electrons. The van der Waals surface area contributed by atoms with E-state index in [1.807, 2.05) is 0 Å². The summed E-state index contributed by atoms with van der Waals surface area (Å²) in [5.41, 5.74) is 0. The number of carboxylic acids is 1. The number of carbonyl (C=O) groups is 2. The van der Waals surface area contributed by atoms with Crippen LogP contribution in [0.4, 0.5) is 0 Å². The van der Waals surface area contributed by atoms with Crippen molar-refractivity contribution < 1.29 is 19.8 Å². The number of aliphatic hydroxyl groups is 1. The molecular formula is C8H13NO4. The Bertz CT molecular complexity index is 222. The predicted octanol–water partition coefficient (Wildman–Crippen LogP) is -0.653. The highest BCUT2D eigenvalue weighted by atomic mass is 16.4. The first-order valence-corrected chi connectivity index (χ1v) is 4.22. The van der Waals surface area contributed by atoms with Crippen LogP contribution in [-0.2, 0) is 9.59 Å². The molecule has 1 aliphatic carbocycles. The molecule has 5 heteroatoms. The van der Waals surface area contributed by atoms with Crippen molar-refractivity contribution in [3.05, 3.63) is 0 Å². The van der Waals surface area contributed by atoms with E-state index < -0.39 is 17.8 Å². The van der Waals surface area contributed by atoms with Crippen LogP contribution >= 0.6 is 0 Å². The molecule has 0 saturated heterocycles. The van der Waals surface area contributed by atoms with Gasteiger partial charge in [0.25, 0.3) is 0 Å². The fraction of sp³-hybridized carbons (Fsp3) is 0.750. The molecule has 1 fully saturated rings. The Morgan fingerprint density at radius 2 is 2.00 bits per heavy atom. The molecule has 0 spiro atoms. The molecule has 5 nitrogen and oxygen atoms in total. The third-order valence-electron chi connectivity index (χ3n) is 2.22. The van der Waals surface area contributed by atoms with Crippen LogP contribution in [0.3, 0.4) is 0 Å². The largest absolute Gasteiger partial charge is 0.481 e. The second-order valence-electron chi connectivity index (χ2n) is 3.39. The Kier molecular flexibility index (Phi) is 2.87. The molecule has 0 aliphatic heterocycles. The number of hydrogen-bond acceptors (Lipinski definition) is 3. The lowest BCUT2D eigenvalue weighted by atomic mass is 9.89. The van der Waals surface area contributed by atoms with Crippen LogP contribution in [0, 0.1) is 5.92 Å². The van der Waals surface area contributed by atoms with E-state index in [0.29, 0.717) is 12.8 Å². The lowest BCUT2D eigenvalue weighted by molar-refractivity contribution is -0.146. The molecular weight excluding hydrogens is 174 g/mol. The van der Waals surface area contributed by atoms with E-state index in [2.05, 4.69) is 5.32 Å². The second-order valence-corrected chi connectivity index (χ2v) is 3.39. The van der Waals surface area contributed by atoms with Gasteiger partial charge in [-0.25, -0.2) is 0 Å². The summed E-state index contributed by atoms with van der Waals surface area (Å²) in [5.74, 6) is -2.63. The van der Waals surface area contributed by atoms with Gasteiger partial charge in [-0.1, -0.05) is 0 Å². The highest BCUT2D eigenvalue weighted by Gasteiger charge is 2.31.